The second-order valence-corrected chi connectivity index (χ2v) is 5.55. The maximum atomic E-state index is 6.19. The normalized spacial score (nSPS) is 12.8. The Morgan fingerprint density at radius 1 is 1.25 bits per heavy atom. The molecule has 0 fully saturated rings. The van der Waals surface area contributed by atoms with Crippen molar-refractivity contribution in [3.63, 3.8) is 0 Å². The van der Waals surface area contributed by atoms with Crippen LogP contribution in [0, 0.1) is 13.8 Å². The van der Waals surface area contributed by atoms with Crippen LogP contribution in [0.5, 0.6) is 0 Å². The molecule has 0 aliphatic heterocycles. The number of aromatic nitrogens is 1. The van der Waals surface area contributed by atoms with Gasteiger partial charge < -0.3 is 5.73 Å². The number of rotatable bonds is 2. The molecule has 4 heteroatoms. The van der Waals surface area contributed by atoms with Crippen LogP contribution in [-0.4, -0.2) is 4.98 Å². The Balaban J connectivity index is 2.37. The smallest absolute Gasteiger partial charge is 0.0931 e. The van der Waals surface area contributed by atoms with E-state index in [4.69, 9.17) is 17.3 Å². The first-order valence-corrected chi connectivity index (χ1v) is 6.21. The van der Waals surface area contributed by atoms with Crippen molar-refractivity contribution in [2.24, 2.45) is 5.73 Å². The number of halogens is 1. The minimum atomic E-state index is -0.113. The van der Waals surface area contributed by atoms with Crippen LogP contribution in [0.15, 0.2) is 24.3 Å². The summed E-state index contributed by atoms with van der Waals surface area (Å²) in [5.74, 6) is 0. The molecule has 84 valence electrons. The molecule has 0 aliphatic carbocycles. The molecular formula is C12H13ClN2S. The highest BCUT2D eigenvalue weighted by atomic mass is 35.5. The Bertz CT molecular complexity index is 487. The first kappa shape index (κ1) is 11.6. The number of pyridine rings is 1. The van der Waals surface area contributed by atoms with E-state index >= 15 is 0 Å². The number of hydrogen-bond donors (Lipinski definition) is 1. The van der Waals surface area contributed by atoms with Gasteiger partial charge in [0.1, 0.15) is 0 Å². The number of aryl methyl sites for hydroxylation is 2. The summed E-state index contributed by atoms with van der Waals surface area (Å²) in [7, 11) is 0. The van der Waals surface area contributed by atoms with E-state index in [1.54, 1.807) is 0 Å². The Morgan fingerprint density at radius 3 is 2.38 bits per heavy atom. The monoisotopic (exact) mass is 252 g/mol. The van der Waals surface area contributed by atoms with E-state index < -0.39 is 0 Å². The van der Waals surface area contributed by atoms with Crippen molar-refractivity contribution in [1.29, 1.82) is 0 Å². The van der Waals surface area contributed by atoms with Gasteiger partial charge in [0, 0.05) is 16.3 Å². The number of thiophene rings is 1. The summed E-state index contributed by atoms with van der Waals surface area (Å²) in [6.07, 6.45) is 0. The van der Waals surface area contributed by atoms with E-state index in [0.29, 0.717) is 0 Å². The fourth-order valence-electron chi connectivity index (χ4n) is 1.71. The maximum Gasteiger partial charge on any atom is 0.0931 e. The van der Waals surface area contributed by atoms with E-state index in [1.807, 2.05) is 38.1 Å². The number of nitrogens with two attached hydrogens (primary N) is 1. The van der Waals surface area contributed by atoms with E-state index in [2.05, 4.69) is 4.98 Å². The third-order valence-electron chi connectivity index (χ3n) is 2.36. The third kappa shape index (κ3) is 2.43. The molecule has 2 N–H and O–H groups in total. The predicted molar refractivity (Wildman–Crippen MR) is 69.1 cm³/mol. The van der Waals surface area contributed by atoms with Crippen LogP contribution in [0.25, 0.3) is 0 Å². The molecule has 1 unspecified atom stereocenters. The Morgan fingerprint density at radius 2 is 1.88 bits per heavy atom. The molecule has 2 rings (SSSR count). The van der Waals surface area contributed by atoms with Crippen molar-refractivity contribution in [3.8, 4) is 0 Å². The summed E-state index contributed by atoms with van der Waals surface area (Å²) < 4.78 is 0.771. The van der Waals surface area contributed by atoms with Crippen molar-refractivity contribution in [1.82, 2.24) is 4.98 Å². The Hall–Kier alpha value is -0.900. The maximum absolute atomic E-state index is 6.19. The summed E-state index contributed by atoms with van der Waals surface area (Å²) in [5, 5.41) is 0. The molecule has 0 aliphatic rings. The highest BCUT2D eigenvalue weighted by Crippen LogP contribution is 2.29. The highest BCUT2D eigenvalue weighted by molar-refractivity contribution is 7.16. The molecule has 0 amide bonds. The lowest BCUT2D eigenvalue weighted by molar-refractivity contribution is 0.879. The van der Waals surface area contributed by atoms with Gasteiger partial charge >= 0.3 is 0 Å². The molecule has 0 spiro atoms. The average molecular weight is 253 g/mol. The molecule has 2 heterocycles. The Labute approximate surface area is 104 Å². The van der Waals surface area contributed by atoms with Gasteiger partial charge in [-0.3, -0.25) is 4.98 Å². The molecule has 0 radical (unpaired) electrons. The lowest BCUT2D eigenvalue weighted by atomic mass is 10.1. The van der Waals surface area contributed by atoms with Gasteiger partial charge in [0.2, 0.25) is 0 Å². The van der Waals surface area contributed by atoms with E-state index in [9.17, 15) is 0 Å². The zero-order chi connectivity index (χ0) is 11.7. The average Bonchev–Trinajstić information content (AvgIpc) is 2.62. The molecule has 2 nitrogen and oxygen atoms in total. The van der Waals surface area contributed by atoms with Crippen LogP contribution in [0.3, 0.4) is 0 Å². The second kappa shape index (κ2) is 4.53. The number of hydrogen-bond acceptors (Lipinski definition) is 3. The lowest BCUT2D eigenvalue weighted by Crippen LogP contribution is -2.11. The van der Waals surface area contributed by atoms with Crippen LogP contribution in [0.4, 0.5) is 0 Å². The largest absolute Gasteiger partial charge is 0.320 e. The van der Waals surface area contributed by atoms with E-state index in [-0.39, 0.29) is 6.04 Å². The molecule has 2 aromatic rings. The van der Waals surface area contributed by atoms with Gasteiger partial charge in [0.15, 0.2) is 0 Å². The number of nitrogens with zero attached hydrogens (tertiary/aromatic N) is 1. The molecule has 0 saturated heterocycles. The fraction of sp³-hybridized carbons (Fsp3) is 0.250. The highest BCUT2D eigenvalue weighted by Gasteiger charge is 2.12. The van der Waals surface area contributed by atoms with Crippen molar-refractivity contribution in [2.75, 3.05) is 0 Å². The van der Waals surface area contributed by atoms with Gasteiger partial charge in [-0.25, -0.2) is 0 Å². The van der Waals surface area contributed by atoms with Crippen LogP contribution in [-0.2, 0) is 0 Å². The molecule has 0 saturated carbocycles. The molecule has 0 bridgehead atoms. The van der Waals surface area contributed by atoms with Gasteiger partial charge in [-0.15, -0.1) is 11.3 Å². The summed E-state index contributed by atoms with van der Waals surface area (Å²) in [5.41, 5.74) is 9.27. The zero-order valence-electron chi connectivity index (χ0n) is 9.20. The van der Waals surface area contributed by atoms with Crippen LogP contribution >= 0.6 is 22.9 Å². The zero-order valence-corrected chi connectivity index (χ0v) is 10.8. The summed E-state index contributed by atoms with van der Waals surface area (Å²) in [6.45, 7) is 3.95. The summed E-state index contributed by atoms with van der Waals surface area (Å²) in [6, 6.07) is 7.78. The third-order valence-corrected chi connectivity index (χ3v) is 3.68. The summed E-state index contributed by atoms with van der Waals surface area (Å²) >= 11 is 7.43. The van der Waals surface area contributed by atoms with Crippen molar-refractivity contribution in [2.45, 2.75) is 19.9 Å². The topological polar surface area (TPSA) is 38.9 Å². The minimum absolute atomic E-state index is 0.113. The van der Waals surface area contributed by atoms with Crippen LogP contribution < -0.4 is 5.73 Å². The van der Waals surface area contributed by atoms with Crippen molar-refractivity contribution in [3.05, 3.63) is 50.4 Å². The van der Waals surface area contributed by atoms with Gasteiger partial charge in [-0.05, 0) is 43.7 Å². The van der Waals surface area contributed by atoms with Crippen molar-refractivity contribution < 1.29 is 0 Å². The predicted octanol–water partition coefficient (Wildman–Crippen LogP) is 3.46. The fourth-order valence-corrected chi connectivity index (χ4v) is 2.80. The van der Waals surface area contributed by atoms with Gasteiger partial charge in [0.05, 0.1) is 10.4 Å². The van der Waals surface area contributed by atoms with Crippen LogP contribution in [0.1, 0.15) is 27.9 Å². The molecular weight excluding hydrogens is 240 g/mol. The van der Waals surface area contributed by atoms with E-state index in [1.165, 1.54) is 11.3 Å². The van der Waals surface area contributed by atoms with Crippen LogP contribution in [0.2, 0.25) is 4.34 Å². The molecule has 16 heavy (non-hydrogen) atoms. The molecule has 2 aromatic heterocycles. The van der Waals surface area contributed by atoms with Gasteiger partial charge in [0.25, 0.3) is 0 Å². The Kier molecular flexibility index (Phi) is 3.28. The quantitative estimate of drug-likeness (QED) is 0.889. The summed E-state index contributed by atoms with van der Waals surface area (Å²) in [4.78, 5) is 5.42. The first-order chi connectivity index (χ1) is 7.56. The second-order valence-electron chi connectivity index (χ2n) is 3.80. The van der Waals surface area contributed by atoms with Gasteiger partial charge in [-0.2, -0.15) is 0 Å². The first-order valence-electron chi connectivity index (χ1n) is 5.02. The minimum Gasteiger partial charge on any atom is -0.320 e. The SMILES string of the molecule is Cc1cc(C(N)c2ccc(Cl)s2)cc(C)n1. The standard InChI is InChI=1S/C12H13ClN2S/c1-7-5-9(6-8(2)15-7)12(14)10-3-4-11(13)16-10/h3-6,12H,14H2,1-2H3. The van der Waals surface area contributed by atoms with Gasteiger partial charge in [-0.1, -0.05) is 11.6 Å². The molecule has 0 aromatic carbocycles. The lowest BCUT2D eigenvalue weighted by Gasteiger charge is -2.11. The molecule has 1 atom stereocenters. The van der Waals surface area contributed by atoms with Crippen molar-refractivity contribution >= 4 is 22.9 Å². The van der Waals surface area contributed by atoms with E-state index in [0.717, 1.165) is 26.2 Å².